The molecular formula is C13H14ClN5O. The van der Waals surface area contributed by atoms with Crippen molar-refractivity contribution in [1.82, 2.24) is 24.3 Å². The molecule has 0 unspecified atom stereocenters. The maximum Gasteiger partial charge on any atom is 0.152 e. The zero-order chi connectivity index (χ0) is 14.1. The lowest BCUT2D eigenvalue weighted by molar-refractivity contribution is 0.419. The predicted molar refractivity (Wildman–Crippen MR) is 75.9 cm³/mol. The SMILES string of the molecule is COc1cccc2c1nc(CCl)n2Cc1nncn1C. The van der Waals surface area contributed by atoms with Crippen molar-refractivity contribution in [3.8, 4) is 5.75 Å². The number of imidazole rings is 1. The van der Waals surface area contributed by atoms with E-state index in [4.69, 9.17) is 16.3 Å². The van der Waals surface area contributed by atoms with E-state index in [1.165, 1.54) is 0 Å². The standard InChI is InChI=1S/C13H14ClN5O/c1-18-8-15-17-12(18)7-19-9-4-3-5-10(20-2)13(9)16-11(19)6-14/h3-5,8H,6-7H2,1-2H3. The molecule has 0 saturated heterocycles. The summed E-state index contributed by atoms with van der Waals surface area (Å²) in [4.78, 5) is 4.56. The summed E-state index contributed by atoms with van der Waals surface area (Å²) in [5.41, 5.74) is 1.79. The van der Waals surface area contributed by atoms with Gasteiger partial charge in [0, 0.05) is 7.05 Å². The predicted octanol–water partition coefficient (Wildman–Crippen LogP) is 1.96. The molecular weight excluding hydrogens is 278 g/mol. The maximum atomic E-state index is 6.01. The average Bonchev–Trinajstić information content (AvgIpc) is 3.03. The Morgan fingerprint density at radius 1 is 1.30 bits per heavy atom. The molecule has 2 aromatic heterocycles. The number of rotatable bonds is 4. The van der Waals surface area contributed by atoms with Crippen LogP contribution in [0.15, 0.2) is 24.5 Å². The van der Waals surface area contributed by atoms with E-state index in [2.05, 4.69) is 15.2 Å². The molecule has 6 nitrogen and oxygen atoms in total. The number of aryl methyl sites for hydroxylation is 1. The van der Waals surface area contributed by atoms with Crippen LogP contribution in [-0.4, -0.2) is 31.4 Å². The highest BCUT2D eigenvalue weighted by Gasteiger charge is 2.15. The Balaban J connectivity index is 2.16. The quantitative estimate of drug-likeness (QED) is 0.690. The summed E-state index contributed by atoms with van der Waals surface area (Å²) in [5, 5.41) is 8.00. The fraction of sp³-hybridized carbons (Fsp3) is 0.308. The molecule has 0 atom stereocenters. The molecule has 0 radical (unpaired) electrons. The van der Waals surface area contributed by atoms with Gasteiger partial charge in [0.1, 0.15) is 23.4 Å². The Morgan fingerprint density at radius 2 is 2.15 bits per heavy atom. The molecule has 3 aromatic rings. The Hall–Kier alpha value is -2.08. The number of hydrogen-bond donors (Lipinski definition) is 0. The normalized spacial score (nSPS) is 11.2. The van der Waals surface area contributed by atoms with Crippen LogP contribution in [0.1, 0.15) is 11.6 Å². The van der Waals surface area contributed by atoms with E-state index >= 15 is 0 Å². The van der Waals surface area contributed by atoms with E-state index in [9.17, 15) is 0 Å². The minimum atomic E-state index is 0.329. The van der Waals surface area contributed by atoms with E-state index < -0.39 is 0 Å². The number of methoxy groups -OCH3 is 1. The summed E-state index contributed by atoms with van der Waals surface area (Å²) in [6.45, 7) is 0.572. The topological polar surface area (TPSA) is 57.8 Å². The fourth-order valence-corrected chi connectivity index (χ4v) is 2.41. The highest BCUT2D eigenvalue weighted by atomic mass is 35.5. The highest BCUT2D eigenvalue weighted by molar-refractivity contribution is 6.16. The van der Waals surface area contributed by atoms with Gasteiger partial charge in [0.2, 0.25) is 0 Å². The van der Waals surface area contributed by atoms with Crippen LogP contribution in [0.3, 0.4) is 0 Å². The number of benzene rings is 1. The Kier molecular flexibility index (Phi) is 3.31. The van der Waals surface area contributed by atoms with Gasteiger partial charge in [-0.05, 0) is 12.1 Å². The molecule has 0 N–H and O–H groups in total. The number of hydrogen-bond acceptors (Lipinski definition) is 4. The maximum absolute atomic E-state index is 6.01. The molecule has 0 fully saturated rings. The van der Waals surface area contributed by atoms with Gasteiger partial charge in [-0.25, -0.2) is 4.98 Å². The van der Waals surface area contributed by atoms with E-state index in [1.54, 1.807) is 13.4 Å². The first-order valence-electron chi connectivity index (χ1n) is 6.15. The average molecular weight is 292 g/mol. The molecule has 0 amide bonds. The van der Waals surface area contributed by atoms with Gasteiger partial charge in [0.15, 0.2) is 5.82 Å². The summed E-state index contributed by atoms with van der Waals surface area (Å²) in [5.74, 6) is 2.70. The molecule has 0 bridgehead atoms. The zero-order valence-electron chi connectivity index (χ0n) is 11.2. The molecule has 2 heterocycles. The number of para-hydroxylation sites is 1. The van der Waals surface area contributed by atoms with Gasteiger partial charge < -0.3 is 13.9 Å². The number of nitrogens with zero attached hydrogens (tertiary/aromatic N) is 5. The minimum absolute atomic E-state index is 0.329. The number of alkyl halides is 1. The molecule has 0 spiro atoms. The molecule has 104 valence electrons. The summed E-state index contributed by atoms with van der Waals surface area (Å²) in [7, 11) is 3.55. The van der Waals surface area contributed by atoms with E-state index in [0.29, 0.717) is 12.4 Å². The van der Waals surface area contributed by atoms with Crippen molar-refractivity contribution in [3.05, 3.63) is 36.2 Å². The van der Waals surface area contributed by atoms with Crippen LogP contribution in [0.2, 0.25) is 0 Å². The van der Waals surface area contributed by atoms with Crippen molar-refractivity contribution in [1.29, 1.82) is 0 Å². The van der Waals surface area contributed by atoms with Gasteiger partial charge in [-0.2, -0.15) is 0 Å². The second kappa shape index (κ2) is 5.13. The van der Waals surface area contributed by atoms with Crippen LogP contribution < -0.4 is 4.74 Å². The van der Waals surface area contributed by atoms with Crippen LogP contribution in [0, 0.1) is 0 Å². The molecule has 3 rings (SSSR count). The van der Waals surface area contributed by atoms with Gasteiger partial charge in [-0.1, -0.05) is 6.07 Å². The largest absolute Gasteiger partial charge is 0.494 e. The summed E-state index contributed by atoms with van der Waals surface area (Å²) in [6, 6.07) is 5.82. The first-order valence-corrected chi connectivity index (χ1v) is 6.69. The molecule has 7 heteroatoms. The first kappa shape index (κ1) is 12.9. The summed E-state index contributed by atoms with van der Waals surface area (Å²) >= 11 is 6.01. The second-order valence-corrected chi connectivity index (χ2v) is 4.70. The number of halogens is 1. The van der Waals surface area contributed by atoms with E-state index in [-0.39, 0.29) is 0 Å². The highest BCUT2D eigenvalue weighted by Crippen LogP contribution is 2.26. The molecule has 0 saturated carbocycles. The van der Waals surface area contributed by atoms with Crippen molar-refractivity contribution < 1.29 is 4.74 Å². The van der Waals surface area contributed by atoms with Crippen molar-refractivity contribution >= 4 is 22.6 Å². The molecule has 0 aliphatic rings. The lowest BCUT2D eigenvalue weighted by atomic mass is 10.3. The molecule has 1 aromatic carbocycles. The van der Waals surface area contributed by atoms with Gasteiger partial charge in [0.25, 0.3) is 0 Å². The van der Waals surface area contributed by atoms with Crippen LogP contribution in [-0.2, 0) is 19.5 Å². The lowest BCUT2D eigenvalue weighted by Gasteiger charge is -2.07. The third-order valence-corrected chi connectivity index (χ3v) is 3.50. The fourth-order valence-electron chi connectivity index (χ4n) is 2.20. The Morgan fingerprint density at radius 3 is 2.80 bits per heavy atom. The second-order valence-electron chi connectivity index (χ2n) is 4.43. The lowest BCUT2D eigenvalue weighted by Crippen LogP contribution is -2.08. The Bertz CT molecular complexity index is 748. The van der Waals surface area contributed by atoms with Crippen LogP contribution >= 0.6 is 11.6 Å². The summed E-state index contributed by atoms with van der Waals surface area (Å²) in [6.07, 6.45) is 1.68. The molecule has 20 heavy (non-hydrogen) atoms. The van der Waals surface area contributed by atoms with Gasteiger partial charge >= 0.3 is 0 Å². The van der Waals surface area contributed by atoms with E-state index in [1.807, 2.05) is 34.4 Å². The van der Waals surface area contributed by atoms with Crippen LogP contribution in [0.4, 0.5) is 0 Å². The Labute approximate surface area is 121 Å². The number of ether oxygens (including phenoxy) is 1. The van der Waals surface area contributed by atoms with Crippen LogP contribution in [0.5, 0.6) is 5.75 Å². The van der Waals surface area contributed by atoms with Crippen molar-refractivity contribution in [2.75, 3.05) is 7.11 Å². The molecule has 0 aliphatic carbocycles. The number of fused-ring (bicyclic) bond motifs is 1. The van der Waals surface area contributed by atoms with Crippen molar-refractivity contribution in [2.45, 2.75) is 12.4 Å². The minimum Gasteiger partial charge on any atom is -0.494 e. The van der Waals surface area contributed by atoms with Crippen LogP contribution in [0.25, 0.3) is 11.0 Å². The van der Waals surface area contributed by atoms with E-state index in [0.717, 1.165) is 28.4 Å². The molecule has 0 aliphatic heterocycles. The van der Waals surface area contributed by atoms with Gasteiger partial charge in [0.05, 0.1) is 25.1 Å². The van der Waals surface area contributed by atoms with Gasteiger partial charge in [-0.3, -0.25) is 0 Å². The third kappa shape index (κ3) is 2.02. The smallest absolute Gasteiger partial charge is 0.152 e. The summed E-state index contributed by atoms with van der Waals surface area (Å²) < 4.78 is 9.26. The van der Waals surface area contributed by atoms with Crippen molar-refractivity contribution in [2.24, 2.45) is 7.05 Å². The van der Waals surface area contributed by atoms with Gasteiger partial charge in [-0.15, -0.1) is 21.8 Å². The first-order chi connectivity index (χ1) is 9.74. The third-order valence-electron chi connectivity index (χ3n) is 3.27. The monoisotopic (exact) mass is 291 g/mol. The van der Waals surface area contributed by atoms with Crippen molar-refractivity contribution in [3.63, 3.8) is 0 Å². The number of aromatic nitrogens is 5. The zero-order valence-corrected chi connectivity index (χ0v) is 12.0.